The number of aryl methyl sites for hydroxylation is 3. The average molecular weight is 379 g/mol. The highest BCUT2D eigenvalue weighted by Crippen LogP contribution is 2.20. The Morgan fingerprint density at radius 3 is 2.50 bits per heavy atom. The van der Waals surface area contributed by atoms with Crippen LogP contribution in [0.2, 0.25) is 5.15 Å². The number of esters is 1. The third-order valence-electron chi connectivity index (χ3n) is 4.23. The topological polar surface area (TPSA) is 70.4 Å². The minimum absolute atomic E-state index is 0.0812. The predicted molar refractivity (Wildman–Crippen MR) is 99.1 cm³/mol. The van der Waals surface area contributed by atoms with E-state index in [1.54, 1.807) is 33.1 Å². The number of ether oxygens (including phenoxy) is 2. The Kier molecular flexibility index (Phi) is 6.56. The normalized spacial score (nSPS) is 10.8. The van der Waals surface area contributed by atoms with Crippen molar-refractivity contribution in [2.24, 2.45) is 0 Å². The van der Waals surface area contributed by atoms with Gasteiger partial charge in [0.2, 0.25) is 5.78 Å². The van der Waals surface area contributed by atoms with Gasteiger partial charge in [0.25, 0.3) is 0 Å². The summed E-state index contributed by atoms with van der Waals surface area (Å²) in [6, 6.07) is 3.54. The Bertz CT molecular complexity index is 819. The molecule has 0 aliphatic heterocycles. The maximum absolute atomic E-state index is 12.5. The zero-order valence-corrected chi connectivity index (χ0v) is 16.4. The van der Waals surface area contributed by atoms with Crippen LogP contribution in [0.25, 0.3) is 0 Å². The monoisotopic (exact) mass is 378 g/mol. The number of rotatable bonds is 7. The highest BCUT2D eigenvalue weighted by molar-refractivity contribution is 6.32. The van der Waals surface area contributed by atoms with Crippen LogP contribution < -0.4 is 0 Å². The molecule has 7 heteroatoms. The fourth-order valence-electron chi connectivity index (χ4n) is 2.93. The number of pyridine rings is 1. The number of carbonyl (C=O) groups is 2. The molecular weight excluding hydrogens is 356 g/mol. The van der Waals surface area contributed by atoms with E-state index in [0.717, 1.165) is 11.4 Å². The maximum Gasteiger partial charge on any atom is 0.342 e. The summed E-state index contributed by atoms with van der Waals surface area (Å²) in [4.78, 5) is 28.9. The van der Waals surface area contributed by atoms with Crippen molar-refractivity contribution in [2.75, 3.05) is 20.3 Å². The second-order valence-corrected chi connectivity index (χ2v) is 6.53. The summed E-state index contributed by atoms with van der Waals surface area (Å²) >= 11 is 6.05. The van der Waals surface area contributed by atoms with Crippen LogP contribution in [0, 0.1) is 27.7 Å². The van der Waals surface area contributed by atoms with Crippen LogP contribution in [0.3, 0.4) is 0 Å². The van der Waals surface area contributed by atoms with Gasteiger partial charge in [0.05, 0.1) is 12.2 Å². The number of methoxy groups -OCH3 is 1. The zero-order chi connectivity index (χ0) is 19.4. The largest absolute Gasteiger partial charge is 0.454 e. The predicted octanol–water partition coefficient (Wildman–Crippen LogP) is 3.46. The standard InChI is InChI=1S/C19H23ClN2O4/c1-11-8-12(2)21-18(20)17(11)19(24)26-10-16(23)15-9-13(3)22(14(15)4)6-7-25-5/h8-9H,6-7,10H2,1-5H3. The van der Waals surface area contributed by atoms with E-state index in [4.69, 9.17) is 21.1 Å². The van der Waals surface area contributed by atoms with Crippen molar-refractivity contribution in [1.82, 2.24) is 9.55 Å². The van der Waals surface area contributed by atoms with Gasteiger partial charge in [0.1, 0.15) is 5.15 Å². The van der Waals surface area contributed by atoms with Gasteiger partial charge in [-0.3, -0.25) is 4.79 Å². The molecule has 0 saturated heterocycles. The fourth-order valence-corrected chi connectivity index (χ4v) is 3.29. The van der Waals surface area contributed by atoms with Crippen LogP contribution in [0.1, 0.15) is 43.4 Å². The Morgan fingerprint density at radius 2 is 1.88 bits per heavy atom. The van der Waals surface area contributed by atoms with Gasteiger partial charge in [-0.05, 0) is 45.4 Å². The molecular formula is C19H23ClN2O4. The summed E-state index contributed by atoms with van der Waals surface area (Å²) in [7, 11) is 1.63. The molecule has 0 saturated carbocycles. The van der Waals surface area contributed by atoms with Crippen LogP contribution >= 0.6 is 11.6 Å². The van der Waals surface area contributed by atoms with Crippen LogP contribution in [0.5, 0.6) is 0 Å². The Labute approximate surface area is 158 Å². The smallest absolute Gasteiger partial charge is 0.342 e. The van der Waals surface area contributed by atoms with Gasteiger partial charge in [-0.25, -0.2) is 9.78 Å². The van der Waals surface area contributed by atoms with Crippen LogP contribution in [0.15, 0.2) is 12.1 Å². The summed E-state index contributed by atoms with van der Waals surface area (Å²) in [5, 5.41) is 0.0812. The fraction of sp³-hybridized carbons (Fsp3) is 0.421. The van der Waals surface area contributed by atoms with E-state index in [1.165, 1.54) is 0 Å². The van der Waals surface area contributed by atoms with Gasteiger partial charge in [-0.15, -0.1) is 0 Å². The summed E-state index contributed by atoms with van der Waals surface area (Å²) in [5.74, 6) is -0.912. The number of nitrogens with zero attached hydrogens (tertiary/aromatic N) is 2. The van der Waals surface area contributed by atoms with Crippen molar-refractivity contribution in [3.63, 3.8) is 0 Å². The molecule has 0 spiro atoms. The lowest BCUT2D eigenvalue weighted by molar-refractivity contribution is 0.0473. The highest BCUT2D eigenvalue weighted by atomic mass is 35.5. The highest BCUT2D eigenvalue weighted by Gasteiger charge is 2.21. The van der Waals surface area contributed by atoms with E-state index in [2.05, 4.69) is 4.98 Å². The van der Waals surface area contributed by atoms with Crippen molar-refractivity contribution >= 4 is 23.4 Å². The van der Waals surface area contributed by atoms with Crippen LogP contribution in [-0.2, 0) is 16.0 Å². The van der Waals surface area contributed by atoms with E-state index >= 15 is 0 Å². The van der Waals surface area contributed by atoms with Crippen LogP contribution in [0.4, 0.5) is 0 Å². The zero-order valence-electron chi connectivity index (χ0n) is 15.7. The van der Waals surface area contributed by atoms with E-state index in [1.807, 2.05) is 18.4 Å². The van der Waals surface area contributed by atoms with E-state index in [9.17, 15) is 9.59 Å². The summed E-state index contributed by atoms with van der Waals surface area (Å²) in [6.45, 7) is 8.19. The van der Waals surface area contributed by atoms with Gasteiger partial charge in [-0.1, -0.05) is 11.6 Å². The minimum atomic E-state index is -0.651. The quantitative estimate of drug-likeness (QED) is 0.419. The van der Waals surface area contributed by atoms with Gasteiger partial charge >= 0.3 is 5.97 Å². The first-order chi connectivity index (χ1) is 12.3. The number of halogens is 1. The van der Waals surface area contributed by atoms with Crippen molar-refractivity contribution < 1.29 is 19.1 Å². The molecule has 2 heterocycles. The molecule has 2 aromatic rings. The first-order valence-electron chi connectivity index (χ1n) is 8.26. The van der Waals surface area contributed by atoms with Crippen LogP contribution in [-0.4, -0.2) is 41.6 Å². The SMILES string of the molecule is COCCn1c(C)cc(C(=O)COC(=O)c2c(C)cc(C)nc2Cl)c1C. The second-order valence-electron chi connectivity index (χ2n) is 6.17. The Hall–Kier alpha value is -2.18. The molecule has 0 amide bonds. The minimum Gasteiger partial charge on any atom is -0.454 e. The first-order valence-corrected chi connectivity index (χ1v) is 8.63. The van der Waals surface area contributed by atoms with Crippen molar-refractivity contribution in [1.29, 1.82) is 0 Å². The molecule has 0 fully saturated rings. The molecule has 0 aliphatic rings. The van der Waals surface area contributed by atoms with E-state index in [0.29, 0.717) is 30.0 Å². The molecule has 0 aromatic carbocycles. The maximum atomic E-state index is 12.5. The molecule has 2 aromatic heterocycles. The lowest BCUT2D eigenvalue weighted by Gasteiger charge is -2.10. The van der Waals surface area contributed by atoms with Gasteiger partial charge in [0, 0.05) is 36.3 Å². The van der Waals surface area contributed by atoms with Crippen molar-refractivity contribution in [3.05, 3.63) is 51.1 Å². The molecule has 140 valence electrons. The molecule has 0 bridgehead atoms. The van der Waals surface area contributed by atoms with Gasteiger partial charge in [0.15, 0.2) is 6.61 Å². The number of carbonyl (C=O) groups excluding carboxylic acids is 2. The summed E-state index contributed by atoms with van der Waals surface area (Å²) in [6.07, 6.45) is 0. The number of hydrogen-bond donors (Lipinski definition) is 0. The second kappa shape index (κ2) is 8.47. The molecule has 0 aliphatic carbocycles. The molecule has 0 unspecified atom stereocenters. The molecule has 6 nitrogen and oxygen atoms in total. The van der Waals surface area contributed by atoms with Crippen molar-refractivity contribution in [3.8, 4) is 0 Å². The van der Waals surface area contributed by atoms with E-state index in [-0.39, 0.29) is 23.1 Å². The lowest BCUT2D eigenvalue weighted by atomic mass is 10.1. The molecule has 0 atom stereocenters. The Balaban J connectivity index is 2.11. The summed E-state index contributed by atoms with van der Waals surface area (Å²) < 4.78 is 12.3. The van der Waals surface area contributed by atoms with Crippen molar-refractivity contribution in [2.45, 2.75) is 34.2 Å². The first kappa shape index (κ1) is 20.1. The summed E-state index contributed by atoms with van der Waals surface area (Å²) in [5.41, 5.74) is 3.89. The molecule has 2 rings (SSSR count). The third kappa shape index (κ3) is 4.31. The van der Waals surface area contributed by atoms with Gasteiger partial charge < -0.3 is 14.0 Å². The number of hydrogen-bond acceptors (Lipinski definition) is 5. The molecule has 0 N–H and O–H groups in total. The lowest BCUT2D eigenvalue weighted by Crippen LogP contribution is -2.17. The number of aromatic nitrogens is 2. The van der Waals surface area contributed by atoms with E-state index < -0.39 is 5.97 Å². The Morgan fingerprint density at radius 1 is 1.19 bits per heavy atom. The molecule has 0 radical (unpaired) electrons. The average Bonchev–Trinajstić information content (AvgIpc) is 2.84. The molecule has 26 heavy (non-hydrogen) atoms. The van der Waals surface area contributed by atoms with Gasteiger partial charge in [-0.2, -0.15) is 0 Å². The number of ketones is 1. The number of Topliss-reactive ketones (excluding diaryl/α,β-unsaturated/α-hetero) is 1. The third-order valence-corrected chi connectivity index (χ3v) is 4.51.